The van der Waals surface area contributed by atoms with Gasteiger partial charge in [0.05, 0.1) is 18.9 Å². The molecule has 2 heterocycles. The van der Waals surface area contributed by atoms with E-state index in [0.717, 1.165) is 6.42 Å². The first-order chi connectivity index (χ1) is 10.0. The molecule has 0 saturated carbocycles. The van der Waals surface area contributed by atoms with Crippen LogP contribution in [0.15, 0.2) is 0 Å². The van der Waals surface area contributed by atoms with Crippen LogP contribution in [0.3, 0.4) is 0 Å². The number of hydrogen-bond donors (Lipinski definition) is 1. The molecule has 2 aliphatic rings. The van der Waals surface area contributed by atoms with E-state index in [1.807, 2.05) is 0 Å². The third-order valence-corrected chi connectivity index (χ3v) is 4.34. The fourth-order valence-corrected chi connectivity index (χ4v) is 3.03. The summed E-state index contributed by atoms with van der Waals surface area (Å²) >= 11 is 0. The normalized spacial score (nSPS) is 23.8. The maximum atomic E-state index is 12.4. The monoisotopic (exact) mass is 298 g/mol. The molecule has 1 atom stereocenters. The van der Waals surface area contributed by atoms with Gasteiger partial charge in [0.2, 0.25) is 0 Å². The zero-order chi connectivity index (χ0) is 15.4. The molecule has 0 bridgehead atoms. The summed E-state index contributed by atoms with van der Waals surface area (Å²) < 4.78 is 4.72. The van der Waals surface area contributed by atoms with Crippen LogP contribution in [0, 0.1) is 11.8 Å². The van der Waals surface area contributed by atoms with Crippen molar-refractivity contribution in [3.63, 3.8) is 0 Å². The van der Waals surface area contributed by atoms with E-state index in [-0.39, 0.29) is 24.5 Å². The Kier molecular flexibility index (Phi) is 5.03. The van der Waals surface area contributed by atoms with E-state index in [9.17, 15) is 14.4 Å². The quantitative estimate of drug-likeness (QED) is 0.762. The number of rotatable bonds is 2. The van der Waals surface area contributed by atoms with E-state index < -0.39 is 11.9 Å². The van der Waals surface area contributed by atoms with Crippen molar-refractivity contribution in [3.8, 4) is 0 Å². The summed E-state index contributed by atoms with van der Waals surface area (Å²) in [5.74, 6) is -1.65. The van der Waals surface area contributed by atoms with Crippen LogP contribution < -0.4 is 0 Å². The Bertz CT molecular complexity index is 418. The lowest BCUT2D eigenvalue weighted by atomic mass is 9.96. The summed E-state index contributed by atoms with van der Waals surface area (Å²) in [5, 5.41) is 9.07. The van der Waals surface area contributed by atoms with Crippen molar-refractivity contribution >= 4 is 18.0 Å². The largest absolute Gasteiger partial charge is 0.481 e. The van der Waals surface area contributed by atoms with Crippen molar-refractivity contribution in [2.75, 3.05) is 33.3 Å². The molecule has 2 aliphatic heterocycles. The lowest BCUT2D eigenvalue weighted by Crippen LogP contribution is -2.51. The summed E-state index contributed by atoms with van der Waals surface area (Å²) in [5.41, 5.74) is 0. The molecular formula is C14H22N2O5. The van der Waals surface area contributed by atoms with Gasteiger partial charge in [0.25, 0.3) is 0 Å². The molecule has 0 spiro atoms. The number of methoxy groups -OCH3 is 1. The second-order valence-corrected chi connectivity index (χ2v) is 5.69. The molecule has 2 fully saturated rings. The van der Waals surface area contributed by atoms with Crippen LogP contribution in [0.2, 0.25) is 0 Å². The standard InChI is InChI=1S/C14H22N2O5/c1-21-13(19)10-4-7-15(8-5-10)14(20)16-6-2-3-11(9-16)12(17)18/h10-11H,2-9H2,1H3,(H,17,18)/t11-/m0/s1. The van der Waals surface area contributed by atoms with Crippen LogP contribution in [0.25, 0.3) is 0 Å². The molecule has 0 aromatic carbocycles. The van der Waals surface area contributed by atoms with Gasteiger partial charge in [-0.1, -0.05) is 0 Å². The Morgan fingerprint density at radius 3 is 2.24 bits per heavy atom. The van der Waals surface area contributed by atoms with Crippen molar-refractivity contribution in [2.45, 2.75) is 25.7 Å². The second kappa shape index (κ2) is 6.78. The first-order valence-electron chi connectivity index (χ1n) is 7.37. The molecule has 2 amide bonds. The number of hydrogen-bond acceptors (Lipinski definition) is 4. The molecular weight excluding hydrogens is 276 g/mol. The number of nitrogens with zero attached hydrogens (tertiary/aromatic N) is 2. The Morgan fingerprint density at radius 2 is 1.67 bits per heavy atom. The maximum Gasteiger partial charge on any atom is 0.320 e. The van der Waals surface area contributed by atoms with Crippen LogP contribution in [0.4, 0.5) is 4.79 Å². The fraction of sp³-hybridized carbons (Fsp3) is 0.786. The molecule has 0 aliphatic carbocycles. The molecule has 118 valence electrons. The van der Waals surface area contributed by atoms with Gasteiger partial charge in [-0.05, 0) is 25.7 Å². The number of amides is 2. The number of carbonyl (C=O) groups excluding carboxylic acids is 2. The average molecular weight is 298 g/mol. The molecule has 7 heteroatoms. The zero-order valence-corrected chi connectivity index (χ0v) is 12.3. The summed E-state index contributed by atoms with van der Waals surface area (Å²) in [6.45, 7) is 1.93. The van der Waals surface area contributed by atoms with Crippen LogP contribution >= 0.6 is 0 Å². The van der Waals surface area contributed by atoms with Crippen LogP contribution in [-0.4, -0.2) is 66.2 Å². The molecule has 7 nitrogen and oxygen atoms in total. The summed E-state index contributed by atoms with van der Waals surface area (Å²) in [6, 6.07) is -0.107. The number of likely N-dealkylation sites (tertiary alicyclic amines) is 2. The number of ether oxygens (including phenoxy) is 1. The number of esters is 1. The van der Waals surface area contributed by atoms with Gasteiger partial charge in [-0.15, -0.1) is 0 Å². The Morgan fingerprint density at radius 1 is 1.00 bits per heavy atom. The minimum atomic E-state index is -0.836. The SMILES string of the molecule is COC(=O)C1CCN(C(=O)N2CCC[C@H](C(=O)O)C2)CC1. The molecule has 1 N–H and O–H groups in total. The summed E-state index contributed by atoms with van der Waals surface area (Å²) in [7, 11) is 1.37. The summed E-state index contributed by atoms with van der Waals surface area (Å²) in [6.07, 6.45) is 2.56. The van der Waals surface area contributed by atoms with Crippen LogP contribution in [-0.2, 0) is 14.3 Å². The first-order valence-corrected chi connectivity index (χ1v) is 7.37. The van der Waals surface area contributed by atoms with E-state index in [2.05, 4.69) is 0 Å². The van der Waals surface area contributed by atoms with Crippen LogP contribution in [0.1, 0.15) is 25.7 Å². The van der Waals surface area contributed by atoms with Crippen molar-refractivity contribution in [1.29, 1.82) is 0 Å². The number of carbonyl (C=O) groups is 3. The topological polar surface area (TPSA) is 87.2 Å². The van der Waals surface area contributed by atoms with Gasteiger partial charge in [0, 0.05) is 26.2 Å². The Labute approximate surface area is 123 Å². The van der Waals surface area contributed by atoms with Gasteiger partial charge >= 0.3 is 18.0 Å². The molecule has 21 heavy (non-hydrogen) atoms. The lowest BCUT2D eigenvalue weighted by Gasteiger charge is -2.37. The van der Waals surface area contributed by atoms with E-state index in [1.54, 1.807) is 9.80 Å². The van der Waals surface area contributed by atoms with Gasteiger partial charge in [0.15, 0.2) is 0 Å². The molecule has 0 aromatic rings. The van der Waals surface area contributed by atoms with Gasteiger partial charge in [-0.3, -0.25) is 9.59 Å². The Balaban J connectivity index is 1.87. The number of aliphatic carboxylic acids is 1. The third-order valence-electron chi connectivity index (χ3n) is 4.34. The lowest BCUT2D eigenvalue weighted by molar-refractivity contribution is -0.147. The van der Waals surface area contributed by atoms with Crippen molar-refractivity contribution in [1.82, 2.24) is 9.80 Å². The minimum absolute atomic E-state index is 0.107. The van der Waals surface area contributed by atoms with Gasteiger partial charge in [-0.2, -0.15) is 0 Å². The van der Waals surface area contributed by atoms with E-state index >= 15 is 0 Å². The maximum absolute atomic E-state index is 12.4. The van der Waals surface area contributed by atoms with Crippen molar-refractivity contribution < 1.29 is 24.2 Å². The zero-order valence-electron chi connectivity index (χ0n) is 12.3. The average Bonchev–Trinajstić information content (AvgIpc) is 2.53. The molecule has 2 saturated heterocycles. The highest BCUT2D eigenvalue weighted by Crippen LogP contribution is 2.22. The summed E-state index contributed by atoms with van der Waals surface area (Å²) in [4.78, 5) is 38.3. The molecule has 0 aromatic heterocycles. The fourth-order valence-electron chi connectivity index (χ4n) is 3.03. The Hall–Kier alpha value is -1.79. The van der Waals surface area contributed by atoms with E-state index in [1.165, 1.54) is 7.11 Å². The minimum Gasteiger partial charge on any atom is -0.481 e. The van der Waals surface area contributed by atoms with Crippen molar-refractivity contribution in [2.24, 2.45) is 11.8 Å². The van der Waals surface area contributed by atoms with E-state index in [4.69, 9.17) is 9.84 Å². The highest BCUT2D eigenvalue weighted by atomic mass is 16.5. The third kappa shape index (κ3) is 3.65. The number of piperidine rings is 2. The number of carboxylic acids is 1. The van der Waals surface area contributed by atoms with Gasteiger partial charge in [0.1, 0.15) is 0 Å². The first kappa shape index (κ1) is 15.6. The highest BCUT2D eigenvalue weighted by molar-refractivity contribution is 5.77. The highest BCUT2D eigenvalue weighted by Gasteiger charge is 2.33. The smallest absolute Gasteiger partial charge is 0.320 e. The predicted octanol–water partition coefficient (Wildman–Crippen LogP) is 0.788. The van der Waals surface area contributed by atoms with Crippen molar-refractivity contribution in [3.05, 3.63) is 0 Å². The van der Waals surface area contributed by atoms with E-state index in [0.29, 0.717) is 38.9 Å². The predicted molar refractivity (Wildman–Crippen MR) is 73.6 cm³/mol. The number of urea groups is 1. The molecule has 2 rings (SSSR count). The molecule has 0 unspecified atom stereocenters. The van der Waals surface area contributed by atoms with Crippen LogP contribution in [0.5, 0.6) is 0 Å². The molecule has 0 radical (unpaired) electrons. The van der Waals surface area contributed by atoms with Gasteiger partial charge in [-0.25, -0.2) is 4.79 Å². The number of carboxylic acid groups (broad SMARTS) is 1. The van der Waals surface area contributed by atoms with Gasteiger partial charge < -0.3 is 19.6 Å². The second-order valence-electron chi connectivity index (χ2n) is 5.69.